The van der Waals surface area contributed by atoms with Crippen LogP contribution in [0.3, 0.4) is 0 Å². The molecule has 0 nitrogen and oxygen atoms in total. The largest absolute Gasteiger partial charge is 0.0654 e. The molecule has 0 saturated carbocycles. The highest BCUT2D eigenvalue weighted by Gasteiger charge is 1.84. The summed E-state index contributed by atoms with van der Waals surface area (Å²) in [7, 11) is 0. The van der Waals surface area contributed by atoms with Gasteiger partial charge in [0.2, 0.25) is 0 Å². The van der Waals surface area contributed by atoms with Gasteiger partial charge in [0.1, 0.15) is 0 Å². The Labute approximate surface area is 366 Å². The highest BCUT2D eigenvalue weighted by molar-refractivity contribution is 4.40. The first-order chi connectivity index (χ1) is 27.3. The van der Waals surface area contributed by atoms with E-state index in [4.69, 9.17) is 0 Å². The van der Waals surface area contributed by atoms with Gasteiger partial charge in [0.25, 0.3) is 0 Å². The van der Waals surface area contributed by atoms with Crippen LogP contribution in [-0.4, -0.2) is 0 Å². The van der Waals surface area contributed by atoms with E-state index in [2.05, 4.69) is 111 Å². The lowest BCUT2D eigenvalue weighted by Crippen LogP contribution is -1.70. The zero-order chi connectivity index (χ0) is 44.3. The Morgan fingerprint density at radius 1 is 0.0893 bits per heavy atom. The van der Waals surface area contributed by atoms with Crippen molar-refractivity contribution in [1.29, 1.82) is 0 Å². The third-order valence-corrected chi connectivity index (χ3v) is 9.66. The predicted octanol–water partition coefficient (Wildman–Crippen LogP) is 23.8. The quantitative estimate of drug-likeness (QED) is 0.0595. The normalized spacial score (nSPS) is 9.43. The van der Waals surface area contributed by atoms with Gasteiger partial charge in [-0.05, 0) is 0 Å². The third-order valence-electron chi connectivity index (χ3n) is 9.66. The molecule has 0 aliphatic rings. The minimum atomic E-state index is 1.36. The maximum Gasteiger partial charge on any atom is -0.0533 e. The van der Waals surface area contributed by atoms with E-state index in [-0.39, 0.29) is 0 Å². The second kappa shape index (κ2) is 100. The predicted molar refractivity (Wildman–Crippen MR) is 275 cm³/mol. The Balaban J connectivity index is -0.0000000784. The summed E-state index contributed by atoms with van der Waals surface area (Å²) in [4.78, 5) is 0. The standard InChI is InChI=1S/8C7H16/c8*1-3-5-7-6-4-2/h8*3-7H2,1-2H3. The fourth-order valence-electron chi connectivity index (χ4n) is 5.41. The molecule has 0 unspecified atom stereocenters. The van der Waals surface area contributed by atoms with Crippen molar-refractivity contribution in [2.75, 3.05) is 0 Å². The van der Waals surface area contributed by atoms with Crippen LogP contribution in [0.15, 0.2) is 0 Å². The van der Waals surface area contributed by atoms with Crippen molar-refractivity contribution in [1.82, 2.24) is 0 Å². The van der Waals surface area contributed by atoms with Crippen molar-refractivity contribution >= 4 is 0 Å². The summed E-state index contributed by atoms with van der Waals surface area (Å²) in [6.07, 6.45) is 56.1. The molecule has 352 valence electrons. The molecule has 0 fully saturated rings. The molecule has 0 aliphatic carbocycles. The molecule has 0 aliphatic heterocycles. The smallest absolute Gasteiger partial charge is 0.0533 e. The van der Waals surface area contributed by atoms with Crippen LogP contribution in [0.2, 0.25) is 0 Å². The molecule has 0 amide bonds. The summed E-state index contributed by atoms with van der Waals surface area (Å²) in [6.45, 7) is 35.9. The van der Waals surface area contributed by atoms with Crippen LogP contribution >= 0.6 is 0 Å². The monoisotopic (exact) mass is 801 g/mol. The highest BCUT2D eigenvalue weighted by atomic mass is 13.9. The van der Waals surface area contributed by atoms with Crippen molar-refractivity contribution < 1.29 is 0 Å². The lowest BCUT2D eigenvalue weighted by molar-refractivity contribution is 0.656. The molecule has 0 heterocycles. The minimum absolute atomic E-state index is 1.36. The van der Waals surface area contributed by atoms with Gasteiger partial charge in [-0.3, -0.25) is 0 Å². The summed E-state index contributed by atoms with van der Waals surface area (Å²) in [6, 6.07) is 0. The van der Waals surface area contributed by atoms with Gasteiger partial charge in [0.15, 0.2) is 0 Å². The van der Waals surface area contributed by atoms with Crippen LogP contribution in [0.5, 0.6) is 0 Å². The Hall–Kier alpha value is 0. The second-order valence-corrected chi connectivity index (χ2v) is 16.5. The van der Waals surface area contributed by atoms with Crippen LogP contribution in [0.1, 0.15) is 368 Å². The van der Waals surface area contributed by atoms with E-state index in [0.29, 0.717) is 0 Å². The van der Waals surface area contributed by atoms with Gasteiger partial charge in [-0.25, -0.2) is 0 Å². The Morgan fingerprint density at radius 3 is 0.179 bits per heavy atom. The van der Waals surface area contributed by atoms with Crippen LogP contribution in [0, 0.1) is 0 Å². The average molecular weight is 802 g/mol. The van der Waals surface area contributed by atoms with Crippen molar-refractivity contribution in [2.24, 2.45) is 0 Å². The third kappa shape index (κ3) is 148. The van der Waals surface area contributed by atoms with Gasteiger partial charge in [-0.15, -0.1) is 0 Å². The van der Waals surface area contributed by atoms with E-state index in [0.717, 1.165) is 0 Å². The van der Waals surface area contributed by atoms with Gasteiger partial charge >= 0.3 is 0 Å². The van der Waals surface area contributed by atoms with E-state index in [1.165, 1.54) is 257 Å². The van der Waals surface area contributed by atoms with Gasteiger partial charge < -0.3 is 0 Å². The summed E-state index contributed by atoms with van der Waals surface area (Å²) >= 11 is 0. The lowest BCUT2D eigenvalue weighted by atomic mass is 10.2. The molecule has 0 saturated heterocycles. The molecule has 0 aromatic carbocycles. The fourth-order valence-corrected chi connectivity index (χ4v) is 5.41. The minimum Gasteiger partial charge on any atom is -0.0654 e. The van der Waals surface area contributed by atoms with E-state index >= 15 is 0 Å². The molecule has 0 rings (SSSR count). The summed E-state index contributed by atoms with van der Waals surface area (Å²) in [5, 5.41) is 0. The molecule has 0 atom stereocenters. The van der Waals surface area contributed by atoms with Crippen molar-refractivity contribution in [2.45, 2.75) is 368 Å². The number of unbranched alkanes of at least 4 members (excludes halogenated alkanes) is 32. The van der Waals surface area contributed by atoms with Gasteiger partial charge in [0.05, 0.1) is 0 Å². The SMILES string of the molecule is CCCCCCC.CCCCCCC.CCCCCCC.CCCCCCC.CCCCCCC.CCCCCCC.CCCCCCC.CCCCCCC. The molecule has 0 spiro atoms. The molecule has 0 aromatic heterocycles. The van der Waals surface area contributed by atoms with Crippen LogP contribution in [0.4, 0.5) is 0 Å². The van der Waals surface area contributed by atoms with Crippen LogP contribution in [-0.2, 0) is 0 Å². The van der Waals surface area contributed by atoms with Crippen LogP contribution < -0.4 is 0 Å². The van der Waals surface area contributed by atoms with E-state index in [1.807, 2.05) is 0 Å². The molecule has 0 radical (unpaired) electrons. The van der Waals surface area contributed by atoms with E-state index < -0.39 is 0 Å². The van der Waals surface area contributed by atoms with E-state index in [1.54, 1.807) is 0 Å². The highest BCUT2D eigenvalue weighted by Crippen LogP contribution is 2.04. The molecule has 0 N–H and O–H groups in total. The Bertz CT molecular complexity index is 274. The topological polar surface area (TPSA) is 0 Å². The fraction of sp³-hybridized carbons (Fsp3) is 1.00. The molecular weight excluding hydrogens is 673 g/mol. The Kier molecular flexibility index (Phi) is 132. The van der Waals surface area contributed by atoms with Gasteiger partial charge in [-0.2, -0.15) is 0 Å². The number of rotatable bonds is 32. The van der Waals surface area contributed by atoms with Crippen molar-refractivity contribution in [3.8, 4) is 0 Å². The molecule has 0 bridgehead atoms. The maximum atomic E-state index is 2.25. The van der Waals surface area contributed by atoms with Crippen LogP contribution in [0.25, 0.3) is 0 Å². The first-order valence-electron chi connectivity index (χ1n) is 27.3. The average Bonchev–Trinajstić information content (AvgIpc) is 3.21. The summed E-state index contributed by atoms with van der Waals surface area (Å²) in [5.41, 5.74) is 0. The van der Waals surface area contributed by atoms with E-state index in [9.17, 15) is 0 Å². The summed E-state index contributed by atoms with van der Waals surface area (Å²) in [5.74, 6) is 0. The molecular formula is C56H128. The number of hydrogen-bond acceptors (Lipinski definition) is 0. The van der Waals surface area contributed by atoms with Gasteiger partial charge in [0, 0.05) is 0 Å². The van der Waals surface area contributed by atoms with Crippen molar-refractivity contribution in [3.63, 3.8) is 0 Å². The second-order valence-electron chi connectivity index (χ2n) is 16.5. The summed E-state index contributed by atoms with van der Waals surface area (Å²) < 4.78 is 0. The number of hydrogen-bond donors (Lipinski definition) is 0. The first-order valence-corrected chi connectivity index (χ1v) is 27.3. The molecule has 56 heavy (non-hydrogen) atoms. The Morgan fingerprint density at radius 2 is 0.143 bits per heavy atom. The van der Waals surface area contributed by atoms with Crippen molar-refractivity contribution in [3.05, 3.63) is 0 Å². The zero-order valence-electron chi connectivity index (χ0n) is 44.3. The zero-order valence-corrected chi connectivity index (χ0v) is 44.3. The molecule has 0 aromatic rings. The lowest BCUT2D eigenvalue weighted by Gasteiger charge is -1.90. The molecule has 0 heteroatoms. The first kappa shape index (κ1) is 73.5. The maximum absolute atomic E-state index is 2.25. The van der Waals surface area contributed by atoms with Gasteiger partial charge in [-0.1, -0.05) is 368 Å².